The SMILES string of the molecule is C1COC(CCC2=NCCO2)=N1.O=C1OCCO1. The molecule has 0 aliphatic carbocycles. The predicted octanol–water partition coefficient (Wildman–Crippen LogP) is 0.777. The Morgan fingerprint density at radius 2 is 1.28 bits per heavy atom. The number of hydrogen-bond acceptors (Lipinski definition) is 7. The normalized spacial score (nSPS) is 20.8. The van der Waals surface area contributed by atoms with Gasteiger partial charge < -0.3 is 18.9 Å². The first kappa shape index (κ1) is 12.7. The summed E-state index contributed by atoms with van der Waals surface area (Å²) in [5.41, 5.74) is 0. The fraction of sp³-hybridized carbons (Fsp3) is 0.727. The van der Waals surface area contributed by atoms with Crippen LogP contribution in [0.3, 0.4) is 0 Å². The highest BCUT2D eigenvalue weighted by atomic mass is 16.8. The van der Waals surface area contributed by atoms with Crippen molar-refractivity contribution < 1.29 is 23.7 Å². The average Bonchev–Trinajstić information content (AvgIpc) is 3.11. The molecule has 0 N–H and O–H groups in total. The van der Waals surface area contributed by atoms with Crippen molar-refractivity contribution in [2.24, 2.45) is 9.98 Å². The van der Waals surface area contributed by atoms with Crippen molar-refractivity contribution in [3.05, 3.63) is 0 Å². The first-order valence-corrected chi connectivity index (χ1v) is 5.96. The van der Waals surface area contributed by atoms with E-state index in [2.05, 4.69) is 19.5 Å². The van der Waals surface area contributed by atoms with E-state index in [0.29, 0.717) is 13.2 Å². The number of nitrogens with zero attached hydrogens (tertiary/aromatic N) is 2. The molecule has 3 aliphatic rings. The fourth-order valence-corrected chi connectivity index (χ4v) is 1.57. The van der Waals surface area contributed by atoms with Gasteiger partial charge in [0, 0.05) is 12.8 Å². The summed E-state index contributed by atoms with van der Waals surface area (Å²) in [4.78, 5) is 18.2. The van der Waals surface area contributed by atoms with Gasteiger partial charge in [0.2, 0.25) is 0 Å². The van der Waals surface area contributed by atoms with E-state index in [9.17, 15) is 4.79 Å². The van der Waals surface area contributed by atoms with Crippen LogP contribution in [0.25, 0.3) is 0 Å². The largest absolute Gasteiger partial charge is 0.508 e. The van der Waals surface area contributed by atoms with E-state index < -0.39 is 6.16 Å². The number of aliphatic imine (C=N–C) groups is 2. The molecule has 0 radical (unpaired) electrons. The molecule has 0 atom stereocenters. The maximum absolute atomic E-state index is 9.80. The Bertz CT molecular complexity index is 321. The van der Waals surface area contributed by atoms with Gasteiger partial charge in [0.15, 0.2) is 11.8 Å². The standard InChI is InChI=1S/C8H12N2O2.C3H4O3/c1(7-9-3-5-11-7)2-8-10-4-6-12-8;4-3-5-1-2-6-3/h1-6H2;1-2H2. The van der Waals surface area contributed by atoms with Crippen molar-refractivity contribution >= 4 is 18.0 Å². The first-order valence-electron chi connectivity index (χ1n) is 5.96. The summed E-state index contributed by atoms with van der Waals surface area (Å²) in [6.07, 6.45) is 1.12. The predicted molar refractivity (Wildman–Crippen MR) is 63.0 cm³/mol. The monoisotopic (exact) mass is 256 g/mol. The van der Waals surface area contributed by atoms with E-state index in [-0.39, 0.29) is 0 Å². The molecule has 0 aromatic heterocycles. The van der Waals surface area contributed by atoms with Crippen LogP contribution in [0.2, 0.25) is 0 Å². The lowest BCUT2D eigenvalue weighted by atomic mass is 10.3. The van der Waals surface area contributed by atoms with Crippen LogP contribution in [0.4, 0.5) is 4.79 Å². The topological polar surface area (TPSA) is 78.7 Å². The van der Waals surface area contributed by atoms with Crippen LogP contribution in [0.5, 0.6) is 0 Å². The molecule has 0 aromatic carbocycles. The molecule has 3 heterocycles. The van der Waals surface area contributed by atoms with Gasteiger partial charge in [-0.3, -0.25) is 9.98 Å². The van der Waals surface area contributed by atoms with Crippen LogP contribution in [0.1, 0.15) is 12.8 Å². The number of rotatable bonds is 3. The van der Waals surface area contributed by atoms with Crippen molar-refractivity contribution in [1.82, 2.24) is 0 Å². The summed E-state index contributed by atoms with van der Waals surface area (Å²) in [6, 6.07) is 0. The van der Waals surface area contributed by atoms with Gasteiger partial charge in [0.05, 0.1) is 13.1 Å². The van der Waals surface area contributed by atoms with Gasteiger partial charge in [0.25, 0.3) is 0 Å². The summed E-state index contributed by atoms with van der Waals surface area (Å²) < 4.78 is 19.1. The number of carbonyl (C=O) groups excluding carboxylic acids is 1. The smallest absolute Gasteiger partial charge is 0.479 e. The molecule has 100 valence electrons. The molecule has 3 aliphatic heterocycles. The van der Waals surface area contributed by atoms with Crippen LogP contribution < -0.4 is 0 Å². The number of ether oxygens (including phenoxy) is 4. The molecule has 0 bridgehead atoms. The van der Waals surface area contributed by atoms with Crippen LogP contribution in [-0.2, 0) is 18.9 Å². The Balaban J connectivity index is 0.000000169. The third-order valence-electron chi connectivity index (χ3n) is 2.37. The highest BCUT2D eigenvalue weighted by Gasteiger charge is 2.12. The Kier molecular flexibility index (Phi) is 4.80. The summed E-state index contributed by atoms with van der Waals surface area (Å²) in [5, 5.41) is 0. The average molecular weight is 256 g/mol. The highest BCUT2D eigenvalue weighted by molar-refractivity contribution is 5.84. The molecule has 1 saturated heterocycles. The molecule has 0 unspecified atom stereocenters. The summed E-state index contributed by atoms with van der Waals surface area (Å²) >= 11 is 0. The lowest BCUT2D eigenvalue weighted by Crippen LogP contribution is -2.04. The Morgan fingerprint density at radius 1 is 0.778 bits per heavy atom. The van der Waals surface area contributed by atoms with E-state index in [1.165, 1.54) is 0 Å². The lowest BCUT2D eigenvalue weighted by molar-refractivity contribution is 0.131. The number of carbonyl (C=O) groups is 1. The molecule has 0 spiro atoms. The van der Waals surface area contributed by atoms with Crippen LogP contribution in [0.15, 0.2) is 9.98 Å². The maximum Gasteiger partial charge on any atom is 0.508 e. The number of cyclic esters (lactones) is 2. The zero-order valence-corrected chi connectivity index (χ0v) is 10.1. The summed E-state index contributed by atoms with van der Waals surface area (Å²) in [7, 11) is 0. The third-order valence-corrected chi connectivity index (χ3v) is 2.37. The number of hydrogen-bond donors (Lipinski definition) is 0. The molecule has 18 heavy (non-hydrogen) atoms. The van der Waals surface area contributed by atoms with Crippen molar-refractivity contribution in [3.8, 4) is 0 Å². The van der Waals surface area contributed by atoms with E-state index in [4.69, 9.17) is 9.47 Å². The highest BCUT2D eigenvalue weighted by Crippen LogP contribution is 2.06. The van der Waals surface area contributed by atoms with Gasteiger partial charge in [-0.2, -0.15) is 0 Å². The van der Waals surface area contributed by atoms with Crippen molar-refractivity contribution in [1.29, 1.82) is 0 Å². The Labute approximate surface area is 105 Å². The molecule has 1 fully saturated rings. The van der Waals surface area contributed by atoms with Crippen molar-refractivity contribution in [2.45, 2.75) is 12.8 Å². The van der Waals surface area contributed by atoms with E-state index in [1.54, 1.807) is 0 Å². The molecule has 7 nitrogen and oxygen atoms in total. The van der Waals surface area contributed by atoms with Gasteiger partial charge >= 0.3 is 6.16 Å². The molecular formula is C11H16N2O5. The third kappa shape index (κ3) is 4.23. The van der Waals surface area contributed by atoms with Crippen LogP contribution in [-0.4, -0.2) is 57.5 Å². The van der Waals surface area contributed by atoms with Gasteiger partial charge in [-0.1, -0.05) is 0 Å². The van der Waals surface area contributed by atoms with Crippen molar-refractivity contribution in [2.75, 3.05) is 39.5 Å². The van der Waals surface area contributed by atoms with Gasteiger partial charge in [0.1, 0.15) is 26.4 Å². The minimum Gasteiger partial charge on any atom is -0.479 e. The van der Waals surface area contributed by atoms with E-state index in [1.807, 2.05) is 0 Å². The van der Waals surface area contributed by atoms with Crippen molar-refractivity contribution in [3.63, 3.8) is 0 Å². The molecule has 0 saturated carbocycles. The van der Waals surface area contributed by atoms with Gasteiger partial charge in [-0.05, 0) is 0 Å². The van der Waals surface area contributed by atoms with E-state index in [0.717, 1.165) is 50.9 Å². The Hall–Kier alpha value is -1.79. The molecule has 0 aromatic rings. The molecule has 0 amide bonds. The first-order chi connectivity index (χ1) is 8.84. The second-order valence-electron chi connectivity index (χ2n) is 3.69. The Morgan fingerprint density at radius 3 is 1.56 bits per heavy atom. The van der Waals surface area contributed by atoms with Crippen LogP contribution >= 0.6 is 0 Å². The lowest BCUT2D eigenvalue weighted by Gasteiger charge is -2.01. The van der Waals surface area contributed by atoms with Crippen LogP contribution in [0, 0.1) is 0 Å². The molecule has 7 heteroatoms. The van der Waals surface area contributed by atoms with Gasteiger partial charge in [-0.25, -0.2) is 4.79 Å². The summed E-state index contributed by atoms with van der Waals surface area (Å²) in [5.74, 6) is 1.71. The fourth-order valence-electron chi connectivity index (χ4n) is 1.57. The minimum absolute atomic E-state index is 0.416. The molecule has 3 rings (SSSR count). The zero-order chi connectivity index (χ0) is 12.6. The minimum atomic E-state index is -0.546. The van der Waals surface area contributed by atoms with Gasteiger partial charge in [-0.15, -0.1) is 0 Å². The summed E-state index contributed by atoms with van der Waals surface area (Å²) in [6.45, 7) is 3.92. The zero-order valence-electron chi connectivity index (χ0n) is 10.1. The van der Waals surface area contributed by atoms with E-state index >= 15 is 0 Å². The second-order valence-corrected chi connectivity index (χ2v) is 3.69. The quantitative estimate of drug-likeness (QED) is 0.697. The second kappa shape index (κ2) is 6.83. The molecular weight excluding hydrogens is 240 g/mol. The maximum atomic E-state index is 9.80.